The molecule has 99 valence electrons. The van der Waals surface area contributed by atoms with E-state index in [0.29, 0.717) is 0 Å². The zero-order valence-electron chi connectivity index (χ0n) is 11.1. The minimum Gasteiger partial charge on any atom is -0.486 e. The Bertz CT molecular complexity index is 662. The maximum atomic E-state index is 5.75. The number of hydrogen-bond donors (Lipinski definition) is 0. The van der Waals surface area contributed by atoms with Gasteiger partial charge in [-0.25, -0.2) is 0 Å². The predicted molar refractivity (Wildman–Crippen MR) is 77.7 cm³/mol. The molecule has 1 aliphatic carbocycles. The van der Waals surface area contributed by atoms with Crippen molar-refractivity contribution in [2.45, 2.75) is 12.8 Å². The van der Waals surface area contributed by atoms with Crippen molar-refractivity contribution in [2.24, 2.45) is 5.92 Å². The van der Waals surface area contributed by atoms with Crippen molar-refractivity contribution in [1.29, 1.82) is 0 Å². The summed E-state index contributed by atoms with van der Waals surface area (Å²) in [6, 6.07) is 8.20. The third-order valence-corrected chi connectivity index (χ3v) is 3.90. The summed E-state index contributed by atoms with van der Waals surface area (Å²) < 4.78 is 11.5. The van der Waals surface area contributed by atoms with Crippen molar-refractivity contribution in [1.82, 2.24) is 0 Å². The Balaban J connectivity index is 1.59. The smallest absolute Gasteiger partial charge is 0.143 e. The molecule has 0 saturated heterocycles. The Hall–Kier alpha value is -2.22. The van der Waals surface area contributed by atoms with Gasteiger partial charge < -0.3 is 9.47 Å². The molecule has 0 aromatic heterocycles. The molecule has 0 N–H and O–H groups in total. The lowest BCUT2D eigenvalue weighted by Gasteiger charge is -2.28. The molecule has 3 aliphatic rings. The summed E-state index contributed by atoms with van der Waals surface area (Å²) in [7, 11) is 0. The van der Waals surface area contributed by atoms with Crippen LogP contribution in [-0.2, 0) is 11.2 Å². The van der Waals surface area contributed by atoms with Gasteiger partial charge in [-0.1, -0.05) is 30.4 Å². The van der Waals surface area contributed by atoms with E-state index in [9.17, 15) is 0 Å². The van der Waals surface area contributed by atoms with Gasteiger partial charge in [0.15, 0.2) is 0 Å². The third-order valence-electron chi connectivity index (χ3n) is 3.90. The molecule has 1 atom stereocenters. The van der Waals surface area contributed by atoms with Crippen LogP contribution in [0.1, 0.15) is 12.0 Å². The highest BCUT2D eigenvalue weighted by Gasteiger charge is 2.25. The standard InChI is InChI=1S/C18H15O2/c1-3-7-17-13(5-1)9-15(11-19-17)16-10-14-6-2-4-8-18(14)20-12-16/h1-5,7-8,10-12,15H,6,9H2. The summed E-state index contributed by atoms with van der Waals surface area (Å²) >= 11 is 0. The fraction of sp³-hybridized carbons (Fsp3) is 0.167. The number of para-hydroxylation sites is 1. The van der Waals surface area contributed by atoms with E-state index in [4.69, 9.17) is 9.47 Å². The average molecular weight is 263 g/mol. The Morgan fingerprint density at radius 1 is 1.10 bits per heavy atom. The van der Waals surface area contributed by atoms with Gasteiger partial charge >= 0.3 is 0 Å². The summed E-state index contributed by atoms with van der Waals surface area (Å²) in [5.74, 6) is 2.19. The van der Waals surface area contributed by atoms with Gasteiger partial charge in [-0.3, -0.25) is 0 Å². The van der Waals surface area contributed by atoms with E-state index < -0.39 is 0 Å². The van der Waals surface area contributed by atoms with E-state index >= 15 is 0 Å². The number of ether oxygens (including phenoxy) is 2. The minimum atomic E-state index is 0.254. The molecule has 0 saturated carbocycles. The van der Waals surface area contributed by atoms with Crippen LogP contribution in [0, 0.1) is 12.5 Å². The van der Waals surface area contributed by atoms with Gasteiger partial charge in [-0.15, -0.1) is 0 Å². The summed E-state index contributed by atoms with van der Waals surface area (Å²) in [6.07, 6.45) is 12.2. The Morgan fingerprint density at radius 3 is 3.05 bits per heavy atom. The van der Waals surface area contributed by atoms with Gasteiger partial charge in [0.05, 0.1) is 6.26 Å². The highest BCUT2D eigenvalue weighted by atomic mass is 16.5. The maximum absolute atomic E-state index is 5.75. The van der Waals surface area contributed by atoms with Crippen LogP contribution in [0.5, 0.6) is 5.75 Å². The molecule has 4 rings (SSSR count). The lowest BCUT2D eigenvalue weighted by atomic mass is 9.88. The number of rotatable bonds is 1. The quantitative estimate of drug-likeness (QED) is 0.760. The van der Waals surface area contributed by atoms with E-state index in [1.165, 1.54) is 16.7 Å². The number of benzene rings is 1. The zero-order chi connectivity index (χ0) is 13.4. The van der Waals surface area contributed by atoms with Gasteiger partial charge in [0, 0.05) is 5.92 Å². The number of hydrogen-bond acceptors (Lipinski definition) is 2. The minimum absolute atomic E-state index is 0.254. The molecule has 1 unspecified atom stereocenters. The molecular formula is C18H15O2. The molecule has 0 bridgehead atoms. The lowest BCUT2D eigenvalue weighted by molar-refractivity contribution is 0.306. The van der Waals surface area contributed by atoms with Crippen LogP contribution >= 0.6 is 0 Å². The van der Waals surface area contributed by atoms with Crippen molar-refractivity contribution in [2.75, 3.05) is 0 Å². The molecule has 2 nitrogen and oxygen atoms in total. The first kappa shape index (κ1) is 11.6. The molecule has 1 aromatic carbocycles. The monoisotopic (exact) mass is 263 g/mol. The zero-order valence-corrected chi connectivity index (χ0v) is 11.1. The molecule has 0 amide bonds. The fourth-order valence-corrected chi connectivity index (χ4v) is 2.79. The normalized spacial score (nSPS) is 23.4. The van der Waals surface area contributed by atoms with Gasteiger partial charge in [0.25, 0.3) is 0 Å². The first-order chi connectivity index (χ1) is 9.90. The SMILES string of the molecule is [CH]1Oc2ccccc2CC1C1=COC2=CC=CCC2=C1. The van der Waals surface area contributed by atoms with E-state index in [1.807, 2.05) is 37.2 Å². The molecule has 2 heterocycles. The van der Waals surface area contributed by atoms with Crippen molar-refractivity contribution in [3.05, 3.63) is 83.9 Å². The lowest BCUT2D eigenvalue weighted by Crippen LogP contribution is -2.19. The second-order valence-corrected chi connectivity index (χ2v) is 5.24. The molecule has 2 heteroatoms. The van der Waals surface area contributed by atoms with E-state index in [-0.39, 0.29) is 5.92 Å². The highest BCUT2D eigenvalue weighted by Crippen LogP contribution is 2.36. The average Bonchev–Trinajstić information content (AvgIpc) is 2.54. The largest absolute Gasteiger partial charge is 0.486 e. The van der Waals surface area contributed by atoms with E-state index in [1.54, 1.807) is 0 Å². The van der Waals surface area contributed by atoms with Crippen LogP contribution in [0.2, 0.25) is 0 Å². The Kier molecular flexibility index (Phi) is 2.73. The Morgan fingerprint density at radius 2 is 2.05 bits per heavy atom. The molecule has 20 heavy (non-hydrogen) atoms. The third kappa shape index (κ3) is 1.97. The van der Waals surface area contributed by atoms with Gasteiger partial charge in [0.1, 0.15) is 18.1 Å². The van der Waals surface area contributed by atoms with Crippen LogP contribution in [0.25, 0.3) is 0 Å². The van der Waals surface area contributed by atoms with Crippen LogP contribution in [-0.4, -0.2) is 0 Å². The predicted octanol–water partition coefficient (Wildman–Crippen LogP) is 4.08. The first-order valence-electron chi connectivity index (χ1n) is 6.92. The molecule has 0 fully saturated rings. The van der Waals surface area contributed by atoms with Crippen molar-refractivity contribution in [3.63, 3.8) is 0 Å². The maximum Gasteiger partial charge on any atom is 0.143 e. The van der Waals surface area contributed by atoms with Crippen LogP contribution in [0.3, 0.4) is 0 Å². The fourth-order valence-electron chi connectivity index (χ4n) is 2.79. The second-order valence-electron chi connectivity index (χ2n) is 5.24. The molecule has 0 spiro atoms. The van der Waals surface area contributed by atoms with Crippen LogP contribution < -0.4 is 4.74 Å². The van der Waals surface area contributed by atoms with Crippen LogP contribution in [0.4, 0.5) is 0 Å². The van der Waals surface area contributed by atoms with E-state index in [0.717, 1.165) is 24.4 Å². The highest BCUT2D eigenvalue weighted by molar-refractivity contribution is 5.46. The van der Waals surface area contributed by atoms with Crippen LogP contribution in [0.15, 0.2) is 71.7 Å². The van der Waals surface area contributed by atoms with Gasteiger partial charge in [-0.05, 0) is 47.8 Å². The molecular weight excluding hydrogens is 248 g/mol. The second kappa shape index (κ2) is 4.71. The van der Waals surface area contributed by atoms with Gasteiger partial charge in [0.2, 0.25) is 0 Å². The van der Waals surface area contributed by atoms with Gasteiger partial charge in [-0.2, -0.15) is 0 Å². The first-order valence-corrected chi connectivity index (χ1v) is 6.92. The topological polar surface area (TPSA) is 18.5 Å². The summed E-state index contributed by atoms with van der Waals surface area (Å²) in [6.45, 7) is 1.92. The molecule has 2 aliphatic heterocycles. The van der Waals surface area contributed by atoms with E-state index in [2.05, 4.69) is 24.3 Å². The summed E-state index contributed by atoms with van der Waals surface area (Å²) in [5, 5.41) is 0. The van der Waals surface area contributed by atoms with Crippen molar-refractivity contribution < 1.29 is 9.47 Å². The van der Waals surface area contributed by atoms with Crippen molar-refractivity contribution >= 4 is 0 Å². The number of allylic oxidation sites excluding steroid dienone is 5. The number of fused-ring (bicyclic) bond motifs is 2. The molecule has 1 aromatic rings. The molecule has 1 radical (unpaired) electrons. The summed E-state index contributed by atoms with van der Waals surface area (Å²) in [4.78, 5) is 0. The van der Waals surface area contributed by atoms with Crippen molar-refractivity contribution in [3.8, 4) is 5.75 Å². The Labute approximate surface area is 118 Å². The summed E-state index contributed by atoms with van der Waals surface area (Å²) in [5.41, 5.74) is 3.68.